The molecule has 1 unspecified atom stereocenters. The quantitative estimate of drug-likeness (QED) is 0.586. The number of rotatable bonds is 6. The Morgan fingerprint density at radius 2 is 1.56 bits per heavy atom. The van der Waals surface area contributed by atoms with E-state index in [-0.39, 0.29) is 0 Å². The van der Waals surface area contributed by atoms with Crippen LogP contribution in [0, 0.1) is 18.3 Å². The normalized spacial score (nSPS) is 11.3. The van der Waals surface area contributed by atoms with Gasteiger partial charge in [0.1, 0.15) is 11.8 Å². The third-order valence-electron chi connectivity index (χ3n) is 4.42. The van der Waals surface area contributed by atoms with Crippen molar-refractivity contribution in [2.24, 2.45) is 4.99 Å². The fourth-order valence-corrected chi connectivity index (χ4v) is 3.07. The van der Waals surface area contributed by atoms with Crippen molar-refractivity contribution in [1.82, 2.24) is 0 Å². The van der Waals surface area contributed by atoms with E-state index in [4.69, 9.17) is 9.73 Å². The van der Waals surface area contributed by atoms with E-state index in [0.717, 1.165) is 33.7 Å². The highest BCUT2D eigenvalue weighted by Gasteiger charge is 2.13. The van der Waals surface area contributed by atoms with E-state index in [1.54, 1.807) is 7.11 Å². The molecule has 0 radical (unpaired) electrons. The summed E-state index contributed by atoms with van der Waals surface area (Å²) in [6, 6.07) is 27.9. The van der Waals surface area contributed by atoms with E-state index in [2.05, 4.69) is 12.1 Å². The molecule has 0 amide bonds. The van der Waals surface area contributed by atoms with Crippen molar-refractivity contribution in [1.29, 1.82) is 5.26 Å². The first kappa shape index (κ1) is 18.4. The lowest BCUT2D eigenvalue weighted by Crippen LogP contribution is -2.12. The molecule has 3 heteroatoms. The van der Waals surface area contributed by atoms with Gasteiger partial charge in [0.15, 0.2) is 0 Å². The molecular weight excluding hydrogens is 332 g/mol. The van der Waals surface area contributed by atoms with Gasteiger partial charge in [-0.1, -0.05) is 72.8 Å². The molecule has 0 aliphatic rings. The highest BCUT2D eigenvalue weighted by atomic mass is 16.5. The van der Waals surface area contributed by atoms with Gasteiger partial charge in [-0.15, -0.1) is 0 Å². The van der Waals surface area contributed by atoms with Crippen LogP contribution in [0.4, 0.5) is 0 Å². The maximum absolute atomic E-state index is 9.72. The Labute approximate surface area is 160 Å². The molecule has 3 rings (SSSR count). The number of nitrogens with zero attached hydrogens (tertiary/aromatic N) is 2. The summed E-state index contributed by atoms with van der Waals surface area (Å²) in [5, 5.41) is 9.72. The fourth-order valence-electron chi connectivity index (χ4n) is 3.07. The smallest absolute Gasteiger partial charge is 0.141 e. The maximum Gasteiger partial charge on any atom is 0.141 e. The van der Waals surface area contributed by atoms with Crippen LogP contribution in [0.1, 0.15) is 22.3 Å². The van der Waals surface area contributed by atoms with E-state index in [1.165, 1.54) is 0 Å². The van der Waals surface area contributed by atoms with Gasteiger partial charge >= 0.3 is 0 Å². The molecule has 0 aliphatic carbocycles. The minimum atomic E-state index is -0.465. The van der Waals surface area contributed by atoms with Crippen LogP contribution in [0.2, 0.25) is 0 Å². The molecule has 0 spiro atoms. The van der Waals surface area contributed by atoms with Gasteiger partial charge in [-0.3, -0.25) is 4.99 Å². The Kier molecular flexibility index (Phi) is 6.02. The molecule has 134 valence electrons. The molecule has 3 aromatic rings. The number of benzene rings is 3. The summed E-state index contributed by atoms with van der Waals surface area (Å²) >= 11 is 0. The molecule has 0 N–H and O–H groups in total. The second-order valence-corrected chi connectivity index (χ2v) is 6.36. The van der Waals surface area contributed by atoms with Gasteiger partial charge in [0.25, 0.3) is 0 Å². The minimum absolute atomic E-state index is 0.465. The Hall–Kier alpha value is -3.38. The number of ether oxygens (including phenoxy) is 1. The standard InChI is InChI=1S/C24H22N2O/c1-18-15-19(13-14-23(18)27-2)16-22(17-25)26-24(20-9-5-3-6-10-20)21-11-7-4-8-12-21/h3-15,22H,16H2,1-2H3. The SMILES string of the molecule is COc1ccc(CC(C#N)N=C(c2ccccc2)c2ccccc2)cc1C. The predicted octanol–water partition coefficient (Wildman–Crippen LogP) is 4.98. The summed E-state index contributed by atoms with van der Waals surface area (Å²) in [6.45, 7) is 2.01. The van der Waals surface area contributed by atoms with E-state index >= 15 is 0 Å². The molecule has 0 bridgehead atoms. The summed E-state index contributed by atoms with van der Waals surface area (Å²) in [4.78, 5) is 4.83. The fraction of sp³-hybridized carbons (Fsp3) is 0.167. The summed E-state index contributed by atoms with van der Waals surface area (Å²) in [5.74, 6) is 0.852. The zero-order valence-electron chi connectivity index (χ0n) is 15.6. The average Bonchev–Trinajstić information content (AvgIpc) is 2.72. The molecule has 0 saturated heterocycles. The van der Waals surface area contributed by atoms with Crippen molar-refractivity contribution in [2.75, 3.05) is 7.11 Å². The summed E-state index contributed by atoms with van der Waals surface area (Å²) < 4.78 is 5.32. The molecule has 27 heavy (non-hydrogen) atoms. The Morgan fingerprint density at radius 3 is 2.04 bits per heavy atom. The van der Waals surface area contributed by atoms with E-state index < -0.39 is 6.04 Å². The molecule has 0 aromatic heterocycles. The second-order valence-electron chi connectivity index (χ2n) is 6.36. The molecule has 0 heterocycles. The van der Waals surface area contributed by atoms with Gasteiger partial charge < -0.3 is 4.74 Å². The molecule has 0 aliphatic heterocycles. The van der Waals surface area contributed by atoms with Crippen molar-refractivity contribution < 1.29 is 4.74 Å². The second kappa shape index (κ2) is 8.82. The lowest BCUT2D eigenvalue weighted by Gasteiger charge is -2.12. The maximum atomic E-state index is 9.72. The van der Waals surface area contributed by atoms with Gasteiger partial charge in [0, 0.05) is 17.5 Å². The summed E-state index contributed by atoms with van der Waals surface area (Å²) in [5.41, 5.74) is 4.99. The number of nitriles is 1. The number of aliphatic imine (C=N–C) groups is 1. The number of hydrogen-bond donors (Lipinski definition) is 0. The van der Waals surface area contributed by atoms with Crippen LogP contribution in [0.5, 0.6) is 5.75 Å². The van der Waals surface area contributed by atoms with E-state index in [9.17, 15) is 5.26 Å². The van der Waals surface area contributed by atoms with Crippen LogP contribution in [-0.2, 0) is 6.42 Å². The monoisotopic (exact) mass is 354 g/mol. The Morgan fingerprint density at radius 1 is 0.963 bits per heavy atom. The van der Waals surface area contributed by atoms with Gasteiger partial charge in [-0.2, -0.15) is 5.26 Å². The van der Waals surface area contributed by atoms with Gasteiger partial charge in [-0.25, -0.2) is 0 Å². The van der Waals surface area contributed by atoms with E-state index in [1.807, 2.05) is 79.7 Å². The van der Waals surface area contributed by atoms with Crippen LogP contribution in [0.15, 0.2) is 83.9 Å². The number of aryl methyl sites for hydroxylation is 1. The summed E-state index contributed by atoms with van der Waals surface area (Å²) in [7, 11) is 1.66. The van der Waals surface area contributed by atoms with Crippen molar-refractivity contribution in [2.45, 2.75) is 19.4 Å². The molecular formula is C24H22N2O. The van der Waals surface area contributed by atoms with Crippen LogP contribution >= 0.6 is 0 Å². The Balaban J connectivity index is 1.95. The lowest BCUT2D eigenvalue weighted by molar-refractivity contribution is 0.411. The minimum Gasteiger partial charge on any atom is -0.496 e. The highest BCUT2D eigenvalue weighted by molar-refractivity contribution is 6.13. The first-order valence-electron chi connectivity index (χ1n) is 8.93. The van der Waals surface area contributed by atoms with Crippen LogP contribution in [0.25, 0.3) is 0 Å². The molecule has 3 nitrogen and oxygen atoms in total. The van der Waals surface area contributed by atoms with E-state index in [0.29, 0.717) is 6.42 Å². The summed E-state index contributed by atoms with van der Waals surface area (Å²) in [6.07, 6.45) is 0.560. The highest BCUT2D eigenvalue weighted by Crippen LogP contribution is 2.20. The first-order valence-corrected chi connectivity index (χ1v) is 8.93. The molecule has 1 atom stereocenters. The number of methoxy groups -OCH3 is 1. The molecule has 3 aromatic carbocycles. The van der Waals surface area contributed by atoms with Gasteiger partial charge in [-0.05, 0) is 24.1 Å². The van der Waals surface area contributed by atoms with Crippen molar-refractivity contribution >= 4 is 5.71 Å². The number of hydrogen-bond acceptors (Lipinski definition) is 3. The lowest BCUT2D eigenvalue weighted by atomic mass is 10.0. The van der Waals surface area contributed by atoms with Crippen LogP contribution in [0.3, 0.4) is 0 Å². The average molecular weight is 354 g/mol. The predicted molar refractivity (Wildman–Crippen MR) is 109 cm³/mol. The largest absolute Gasteiger partial charge is 0.496 e. The topological polar surface area (TPSA) is 45.4 Å². The molecule has 0 fully saturated rings. The van der Waals surface area contributed by atoms with Gasteiger partial charge in [0.2, 0.25) is 0 Å². The Bertz CT molecular complexity index is 915. The third-order valence-corrected chi connectivity index (χ3v) is 4.42. The van der Waals surface area contributed by atoms with Crippen molar-refractivity contribution in [3.05, 3.63) is 101 Å². The third kappa shape index (κ3) is 4.62. The molecule has 0 saturated carbocycles. The zero-order valence-corrected chi connectivity index (χ0v) is 15.6. The van der Waals surface area contributed by atoms with Gasteiger partial charge in [0.05, 0.1) is 18.9 Å². The van der Waals surface area contributed by atoms with Crippen LogP contribution in [-0.4, -0.2) is 18.9 Å². The zero-order chi connectivity index (χ0) is 19.1. The van der Waals surface area contributed by atoms with Crippen molar-refractivity contribution in [3.8, 4) is 11.8 Å². The first-order chi connectivity index (χ1) is 13.2. The van der Waals surface area contributed by atoms with Crippen molar-refractivity contribution in [3.63, 3.8) is 0 Å². The van der Waals surface area contributed by atoms with Crippen LogP contribution < -0.4 is 4.74 Å².